The predicted molar refractivity (Wildman–Crippen MR) is 222 cm³/mol. The fraction of sp³-hybridized carbons (Fsp3) is 0.977. The molecule has 0 heterocycles. The number of nitrogens with zero attached hydrogens (tertiary/aromatic N) is 1. The summed E-state index contributed by atoms with van der Waals surface area (Å²) < 4.78 is 23.6. The molecule has 0 aromatic rings. The van der Waals surface area contributed by atoms with Gasteiger partial charge in [-0.2, -0.15) is 0 Å². The van der Waals surface area contributed by atoms with E-state index in [0.717, 1.165) is 38.5 Å². The maximum Gasteiger partial charge on any atom is 0.472 e. The first kappa shape index (κ1) is 51.5. The van der Waals surface area contributed by atoms with Crippen molar-refractivity contribution in [2.75, 3.05) is 40.9 Å². The highest BCUT2D eigenvalue weighted by molar-refractivity contribution is 7.47. The monoisotopic (exact) mass is 762 g/mol. The highest BCUT2D eigenvalue weighted by atomic mass is 31.2. The second kappa shape index (κ2) is 36.2. The topological polar surface area (TPSA) is 105 Å². The van der Waals surface area contributed by atoms with Gasteiger partial charge in [0.05, 0.1) is 39.9 Å². The molecular weight excluding hydrogens is 671 g/mol. The van der Waals surface area contributed by atoms with Crippen LogP contribution >= 0.6 is 7.82 Å². The molecule has 3 unspecified atom stereocenters. The van der Waals surface area contributed by atoms with Crippen molar-refractivity contribution < 1.29 is 32.9 Å². The van der Waals surface area contributed by atoms with Gasteiger partial charge in [0, 0.05) is 6.42 Å². The van der Waals surface area contributed by atoms with Crippen LogP contribution in [0.25, 0.3) is 0 Å². The molecule has 0 saturated carbocycles. The van der Waals surface area contributed by atoms with Crippen molar-refractivity contribution in [1.82, 2.24) is 5.32 Å². The lowest BCUT2D eigenvalue weighted by molar-refractivity contribution is -0.870. The normalized spacial score (nSPS) is 14.4. The molecular formula is C43H90N2O6P+. The summed E-state index contributed by atoms with van der Waals surface area (Å²) in [5, 5.41) is 13.9. The summed E-state index contributed by atoms with van der Waals surface area (Å²) in [6.07, 6.45) is 38.4. The zero-order valence-electron chi connectivity index (χ0n) is 35.3. The molecule has 0 aromatic heterocycles. The van der Waals surface area contributed by atoms with Crippen molar-refractivity contribution in [3.63, 3.8) is 0 Å². The standard InChI is InChI=1S/C43H89N2O6P/c1-6-8-10-12-14-16-18-20-21-22-23-24-25-26-28-30-32-34-36-42(46)41(40-51-52(48,49)50-39-38-45(3,4)5)44-43(47)37-35-33-31-29-27-19-17-15-13-11-9-7-2/h41-42,46H,6-40H2,1-5H3,(H-,44,47,48,49)/p+1. The van der Waals surface area contributed by atoms with E-state index in [1.807, 2.05) is 21.1 Å². The minimum Gasteiger partial charge on any atom is -0.391 e. The minimum atomic E-state index is -4.30. The van der Waals surface area contributed by atoms with Crippen LogP contribution in [0.4, 0.5) is 0 Å². The Morgan fingerprint density at radius 3 is 1.29 bits per heavy atom. The van der Waals surface area contributed by atoms with Gasteiger partial charge in [0.2, 0.25) is 5.91 Å². The van der Waals surface area contributed by atoms with Gasteiger partial charge in [-0.05, 0) is 12.8 Å². The molecule has 52 heavy (non-hydrogen) atoms. The molecule has 8 nitrogen and oxygen atoms in total. The largest absolute Gasteiger partial charge is 0.472 e. The van der Waals surface area contributed by atoms with E-state index in [4.69, 9.17) is 9.05 Å². The van der Waals surface area contributed by atoms with Gasteiger partial charge in [0.15, 0.2) is 0 Å². The van der Waals surface area contributed by atoms with Crippen LogP contribution in [-0.2, 0) is 18.4 Å². The Morgan fingerprint density at radius 2 is 0.923 bits per heavy atom. The number of carbonyl (C=O) groups is 1. The molecule has 312 valence electrons. The number of likely N-dealkylation sites (N-methyl/N-ethyl adjacent to an activating group) is 1. The Morgan fingerprint density at radius 1 is 0.577 bits per heavy atom. The number of amides is 1. The number of carbonyl (C=O) groups excluding carboxylic acids is 1. The first-order chi connectivity index (χ1) is 25.0. The van der Waals surface area contributed by atoms with E-state index >= 15 is 0 Å². The Balaban J connectivity index is 4.31. The second-order valence-corrected chi connectivity index (χ2v) is 18.2. The van der Waals surface area contributed by atoms with Gasteiger partial charge < -0.3 is 19.8 Å². The van der Waals surface area contributed by atoms with Crippen LogP contribution in [0.2, 0.25) is 0 Å². The molecule has 0 aliphatic heterocycles. The zero-order chi connectivity index (χ0) is 38.6. The van der Waals surface area contributed by atoms with Gasteiger partial charge in [0.25, 0.3) is 0 Å². The molecule has 3 N–H and O–H groups in total. The van der Waals surface area contributed by atoms with Crippen molar-refractivity contribution in [2.45, 2.75) is 231 Å². The van der Waals surface area contributed by atoms with Gasteiger partial charge >= 0.3 is 7.82 Å². The van der Waals surface area contributed by atoms with Crippen LogP contribution in [0.5, 0.6) is 0 Å². The van der Waals surface area contributed by atoms with Crippen molar-refractivity contribution >= 4 is 13.7 Å². The summed E-state index contributed by atoms with van der Waals surface area (Å²) in [6, 6.07) is -0.752. The number of quaternary nitrogens is 1. The molecule has 0 fully saturated rings. The third-order valence-corrected chi connectivity index (χ3v) is 11.3. The summed E-state index contributed by atoms with van der Waals surface area (Å²) in [5.41, 5.74) is 0. The van der Waals surface area contributed by atoms with E-state index in [1.165, 1.54) is 154 Å². The molecule has 3 atom stereocenters. The summed E-state index contributed by atoms with van der Waals surface area (Å²) in [7, 11) is 1.63. The lowest BCUT2D eigenvalue weighted by Crippen LogP contribution is -2.46. The minimum absolute atomic E-state index is 0.0785. The molecule has 0 aromatic carbocycles. The van der Waals surface area contributed by atoms with Crippen LogP contribution in [0, 0.1) is 0 Å². The van der Waals surface area contributed by atoms with Gasteiger partial charge in [-0.25, -0.2) is 4.57 Å². The van der Waals surface area contributed by atoms with Crippen LogP contribution in [-0.4, -0.2) is 73.4 Å². The smallest absolute Gasteiger partial charge is 0.391 e. The second-order valence-electron chi connectivity index (χ2n) is 16.8. The van der Waals surface area contributed by atoms with Gasteiger partial charge in [-0.3, -0.25) is 13.8 Å². The third kappa shape index (κ3) is 37.8. The summed E-state index contributed by atoms with van der Waals surface area (Å²) in [6.45, 7) is 4.90. The fourth-order valence-electron chi connectivity index (χ4n) is 6.75. The van der Waals surface area contributed by atoms with Crippen LogP contribution in [0.1, 0.15) is 219 Å². The van der Waals surface area contributed by atoms with Crippen molar-refractivity contribution in [3.05, 3.63) is 0 Å². The van der Waals surface area contributed by atoms with Crippen molar-refractivity contribution in [2.24, 2.45) is 0 Å². The molecule has 0 aliphatic carbocycles. The fourth-order valence-corrected chi connectivity index (χ4v) is 7.49. The van der Waals surface area contributed by atoms with E-state index in [-0.39, 0.29) is 19.1 Å². The van der Waals surface area contributed by atoms with E-state index in [0.29, 0.717) is 23.9 Å². The molecule has 0 aliphatic rings. The summed E-state index contributed by atoms with van der Waals surface area (Å²) in [5.74, 6) is -0.142. The molecule has 0 spiro atoms. The van der Waals surface area contributed by atoms with E-state index in [9.17, 15) is 19.4 Å². The Bertz CT molecular complexity index is 824. The number of hydrogen-bond donors (Lipinski definition) is 3. The van der Waals surface area contributed by atoms with Crippen LogP contribution < -0.4 is 5.32 Å². The molecule has 0 bridgehead atoms. The lowest BCUT2D eigenvalue weighted by Gasteiger charge is -2.26. The number of rotatable bonds is 41. The number of phosphoric ester groups is 1. The Kier molecular flexibility index (Phi) is 35.8. The highest BCUT2D eigenvalue weighted by Gasteiger charge is 2.28. The molecule has 0 saturated heterocycles. The number of nitrogens with one attached hydrogen (secondary N) is 1. The van der Waals surface area contributed by atoms with E-state index in [1.54, 1.807) is 0 Å². The highest BCUT2D eigenvalue weighted by Crippen LogP contribution is 2.43. The van der Waals surface area contributed by atoms with Crippen LogP contribution in [0.3, 0.4) is 0 Å². The van der Waals surface area contributed by atoms with Gasteiger partial charge in [0.1, 0.15) is 13.2 Å². The Hall–Kier alpha value is -0.500. The number of aliphatic hydroxyl groups excluding tert-OH is 1. The van der Waals surface area contributed by atoms with Crippen LogP contribution in [0.15, 0.2) is 0 Å². The molecule has 0 rings (SSSR count). The first-order valence-corrected chi connectivity index (χ1v) is 23.9. The third-order valence-electron chi connectivity index (χ3n) is 10.4. The summed E-state index contributed by atoms with van der Waals surface area (Å²) in [4.78, 5) is 23.1. The Labute approximate surface area is 323 Å². The molecule has 1 amide bonds. The average molecular weight is 762 g/mol. The lowest BCUT2D eigenvalue weighted by atomic mass is 10.0. The number of phosphoric acid groups is 1. The molecule has 0 radical (unpaired) electrons. The predicted octanol–water partition coefficient (Wildman–Crippen LogP) is 12.2. The average Bonchev–Trinajstić information content (AvgIpc) is 3.09. The van der Waals surface area contributed by atoms with E-state index in [2.05, 4.69) is 19.2 Å². The number of aliphatic hydroxyl groups is 1. The maximum atomic E-state index is 12.8. The first-order valence-electron chi connectivity index (χ1n) is 22.4. The summed E-state index contributed by atoms with van der Waals surface area (Å²) >= 11 is 0. The number of hydrogen-bond acceptors (Lipinski definition) is 5. The van der Waals surface area contributed by atoms with Gasteiger partial charge in [-0.15, -0.1) is 0 Å². The van der Waals surface area contributed by atoms with Gasteiger partial charge in [-0.1, -0.05) is 200 Å². The zero-order valence-corrected chi connectivity index (χ0v) is 36.2. The van der Waals surface area contributed by atoms with Crippen molar-refractivity contribution in [3.8, 4) is 0 Å². The van der Waals surface area contributed by atoms with E-state index < -0.39 is 20.0 Å². The van der Waals surface area contributed by atoms with Crippen molar-refractivity contribution in [1.29, 1.82) is 0 Å². The molecule has 9 heteroatoms. The maximum absolute atomic E-state index is 12.8. The quantitative estimate of drug-likeness (QED) is 0.0325. The SMILES string of the molecule is CCCCCCCCCCCCCCCCCCCCC(O)C(COP(=O)(O)OCC[N+](C)(C)C)NC(=O)CCCCCCCCCCCCCC. The number of unbranched alkanes of at least 4 members (excludes halogenated alkanes) is 28.